The highest BCUT2D eigenvalue weighted by atomic mass is 32.1. The van der Waals surface area contributed by atoms with Gasteiger partial charge in [0.2, 0.25) is 5.88 Å². The molecule has 1 amide bonds. The molecule has 7 nitrogen and oxygen atoms in total. The Morgan fingerprint density at radius 3 is 2.88 bits per heavy atom. The van der Waals surface area contributed by atoms with Gasteiger partial charge < -0.3 is 14.6 Å². The molecular weight excluding hydrogens is 330 g/mol. The summed E-state index contributed by atoms with van der Waals surface area (Å²) in [7, 11) is 3.13. The van der Waals surface area contributed by atoms with E-state index < -0.39 is 11.5 Å². The number of carbonyl (C=O) groups excluding carboxylic acids is 2. The summed E-state index contributed by atoms with van der Waals surface area (Å²) >= 11 is 1.23. The molecule has 0 aliphatic heterocycles. The number of pyridine rings is 1. The molecule has 0 radical (unpaired) electrons. The molecule has 0 fully saturated rings. The lowest BCUT2D eigenvalue weighted by Crippen LogP contribution is -2.32. The van der Waals surface area contributed by atoms with Gasteiger partial charge in [0.1, 0.15) is 5.56 Å². The summed E-state index contributed by atoms with van der Waals surface area (Å²) in [6.45, 7) is 0.310. The second-order valence-corrected chi connectivity index (χ2v) is 6.57. The van der Waals surface area contributed by atoms with Crippen LogP contribution < -0.4 is 10.3 Å². The minimum absolute atomic E-state index is 0.0111. The van der Waals surface area contributed by atoms with E-state index >= 15 is 0 Å². The van der Waals surface area contributed by atoms with Crippen LogP contribution in [0.15, 0.2) is 16.9 Å². The molecule has 0 aromatic carbocycles. The van der Waals surface area contributed by atoms with Gasteiger partial charge in [0, 0.05) is 35.7 Å². The summed E-state index contributed by atoms with van der Waals surface area (Å²) in [4.78, 5) is 41.7. The van der Waals surface area contributed by atoms with Gasteiger partial charge in [-0.2, -0.15) is 4.37 Å². The molecule has 3 rings (SSSR count). The highest BCUT2D eigenvalue weighted by Gasteiger charge is 2.23. The molecule has 0 saturated carbocycles. The predicted octanol–water partition coefficient (Wildman–Crippen LogP) is 1.63. The van der Waals surface area contributed by atoms with Crippen molar-refractivity contribution in [2.75, 3.05) is 14.2 Å². The Hall–Kier alpha value is -2.48. The maximum absolute atomic E-state index is 12.6. The first-order valence-electron chi connectivity index (χ1n) is 7.54. The maximum Gasteiger partial charge on any atom is 0.261 e. The van der Waals surface area contributed by atoms with Crippen LogP contribution >= 0.6 is 11.5 Å². The van der Waals surface area contributed by atoms with Gasteiger partial charge in [-0.1, -0.05) is 0 Å². The summed E-state index contributed by atoms with van der Waals surface area (Å²) in [5.41, 5.74) is 0.616. The van der Waals surface area contributed by atoms with Crippen molar-refractivity contribution >= 4 is 23.2 Å². The minimum Gasteiger partial charge on any atom is -0.480 e. The molecule has 0 atom stereocenters. The fraction of sp³-hybridized carbons (Fsp3) is 0.375. The summed E-state index contributed by atoms with van der Waals surface area (Å²) in [6.07, 6.45) is 1.83. The van der Waals surface area contributed by atoms with Gasteiger partial charge >= 0.3 is 0 Å². The van der Waals surface area contributed by atoms with E-state index in [4.69, 9.17) is 4.74 Å². The highest BCUT2D eigenvalue weighted by molar-refractivity contribution is 7.05. The van der Waals surface area contributed by atoms with Crippen LogP contribution in [0.1, 0.15) is 44.1 Å². The van der Waals surface area contributed by atoms with Crippen molar-refractivity contribution in [3.8, 4) is 5.88 Å². The molecule has 2 aromatic heterocycles. The maximum atomic E-state index is 12.6. The molecule has 1 aliphatic rings. The molecule has 1 N–H and O–H groups in total. The Balaban J connectivity index is 1.85. The van der Waals surface area contributed by atoms with E-state index in [1.165, 1.54) is 29.6 Å². The second kappa shape index (κ2) is 6.56. The number of Topliss-reactive ketones (excluding diaryl/α,β-unsaturated/α-hetero) is 1. The van der Waals surface area contributed by atoms with Crippen molar-refractivity contribution in [3.05, 3.63) is 44.2 Å². The van der Waals surface area contributed by atoms with E-state index in [0.29, 0.717) is 36.5 Å². The van der Waals surface area contributed by atoms with Gasteiger partial charge in [0.25, 0.3) is 11.5 Å². The van der Waals surface area contributed by atoms with Crippen LogP contribution in [0, 0.1) is 0 Å². The number of aryl methyl sites for hydroxylation is 1. The normalized spacial score (nSPS) is 13.5. The molecule has 0 unspecified atom stereocenters. The first-order chi connectivity index (χ1) is 11.5. The molecule has 0 saturated heterocycles. The zero-order valence-corrected chi connectivity index (χ0v) is 14.2. The molecule has 126 valence electrons. The van der Waals surface area contributed by atoms with E-state index in [9.17, 15) is 14.4 Å². The highest BCUT2D eigenvalue weighted by Crippen LogP contribution is 2.20. The lowest BCUT2D eigenvalue weighted by atomic mass is 9.93. The van der Waals surface area contributed by atoms with Crippen molar-refractivity contribution < 1.29 is 14.3 Å². The number of aromatic amines is 1. The zero-order chi connectivity index (χ0) is 17.3. The van der Waals surface area contributed by atoms with Gasteiger partial charge in [0.15, 0.2) is 5.78 Å². The SMILES string of the molecule is COc1cc(CN(C)C(=O)c2cc3c([nH]c2=O)CCCC3=O)sn1. The van der Waals surface area contributed by atoms with Crippen molar-refractivity contribution in [1.29, 1.82) is 0 Å². The number of nitrogens with zero attached hydrogens (tertiary/aromatic N) is 2. The fourth-order valence-corrected chi connectivity index (χ4v) is 3.45. The van der Waals surface area contributed by atoms with Gasteiger partial charge in [-0.15, -0.1) is 0 Å². The van der Waals surface area contributed by atoms with Crippen LogP contribution in [0.2, 0.25) is 0 Å². The van der Waals surface area contributed by atoms with Crippen molar-refractivity contribution in [1.82, 2.24) is 14.3 Å². The molecule has 24 heavy (non-hydrogen) atoms. The Morgan fingerprint density at radius 2 is 2.17 bits per heavy atom. The van der Waals surface area contributed by atoms with Crippen LogP contribution in [-0.4, -0.2) is 40.1 Å². The summed E-state index contributed by atoms with van der Waals surface area (Å²) < 4.78 is 9.09. The number of aromatic nitrogens is 2. The average molecular weight is 347 g/mol. The number of amides is 1. The van der Waals surface area contributed by atoms with Crippen LogP contribution in [0.5, 0.6) is 5.88 Å². The third-order valence-electron chi connectivity index (χ3n) is 3.97. The Kier molecular flexibility index (Phi) is 4.48. The molecule has 0 bridgehead atoms. The third-order valence-corrected chi connectivity index (χ3v) is 4.72. The van der Waals surface area contributed by atoms with Crippen LogP contribution in [0.4, 0.5) is 0 Å². The Bertz CT molecular complexity index is 855. The molecule has 1 aliphatic carbocycles. The van der Waals surface area contributed by atoms with Gasteiger partial charge in [0.05, 0.1) is 13.7 Å². The number of hydrogen-bond donors (Lipinski definition) is 1. The van der Waals surface area contributed by atoms with Crippen LogP contribution in [-0.2, 0) is 13.0 Å². The molecule has 8 heteroatoms. The van der Waals surface area contributed by atoms with E-state index in [0.717, 1.165) is 11.3 Å². The van der Waals surface area contributed by atoms with E-state index in [1.807, 2.05) is 0 Å². The van der Waals surface area contributed by atoms with E-state index in [2.05, 4.69) is 9.36 Å². The predicted molar refractivity (Wildman–Crippen MR) is 88.8 cm³/mol. The smallest absolute Gasteiger partial charge is 0.261 e. The van der Waals surface area contributed by atoms with Gasteiger partial charge in [-0.3, -0.25) is 14.4 Å². The standard InChI is InChI=1S/C16H17N3O4S/c1-19(8-9-6-14(23-2)18-24-9)16(22)11-7-10-12(17-15(11)21)4-3-5-13(10)20/h6-7H,3-5,8H2,1-2H3,(H,17,21). The van der Waals surface area contributed by atoms with Crippen molar-refractivity contribution in [2.45, 2.75) is 25.8 Å². The first-order valence-corrected chi connectivity index (χ1v) is 8.31. The van der Waals surface area contributed by atoms with Crippen LogP contribution in [0.3, 0.4) is 0 Å². The lowest BCUT2D eigenvalue weighted by Gasteiger charge is -2.18. The zero-order valence-electron chi connectivity index (χ0n) is 13.4. The number of carbonyl (C=O) groups is 2. The lowest BCUT2D eigenvalue weighted by molar-refractivity contribution is 0.0784. The van der Waals surface area contributed by atoms with Gasteiger partial charge in [-0.05, 0) is 30.4 Å². The Morgan fingerprint density at radius 1 is 1.38 bits per heavy atom. The molecule has 2 aromatic rings. The number of nitrogens with one attached hydrogen (secondary N) is 1. The van der Waals surface area contributed by atoms with E-state index in [1.54, 1.807) is 13.1 Å². The number of hydrogen-bond acceptors (Lipinski definition) is 6. The summed E-state index contributed by atoms with van der Waals surface area (Å²) in [5, 5.41) is 0. The molecule has 0 spiro atoms. The fourth-order valence-electron chi connectivity index (χ4n) is 2.71. The molecular formula is C16H17N3O4S. The largest absolute Gasteiger partial charge is 0.480 e. The Labute approximate surface area is 142 Å². The van der Waals surface area contributed by atoms with E-state index in [-0.39, 0.29) is 11.3 Å². The van der Waals surface area contributed by atoms with Crippen molar-refractivity contribution in [2.24, 2.45) is 0 Å². The topological polar surface area (TPSA) is 92.4 Å². The summed E-state index contributed by atoms with van der Waals surface area (Å²) in [5.74, 6) is 0.0364. The number of methoxy groups -OCH3 is 1. The quantitative estimate of drug-likeness (QED) is 0.907. The van der Waals surface area contributed by atoms with Crippen molar-refractivity contribution in [3.63, 3.8) is 0 Å². The number of H-pyrrole nitrogens is 1. The molecule has 2 heterocycles. The summed E-state index contributed by atoms with van der Waals surface area (Å²) in [6, 6.07) is 3.18. The second-order valence-electron chi connectivity index (χ2n) is 5.68. The minimum atomic E-state index is -0.456. The first kappa shape index (κ1) is 16.4. The van der Waals surface area contributed by atoms with Gasteiger partial charge in [-0.25, -0.2) is 0 Å². The number of ether oxygens (including phenoxy) is 1. The monoisotopic (exact) mass is 347 g/mol. The van der Waals surface area contributed by atoms with Crippen LogP contribution in [0.25, 0.3) is 0 Å². The number of fused-ring (bicyclic) bond motifs is 1. The number of ketones is 1. The average Bonchev–Trinajstić information content (AvgIpc) is 3.01. The number of rotatable bonds is 4. The third kappa shape index (κ3) is 3.09.